The van der Waals surface area contributed by atoms with Crippen LogP contribution < -0.4 is 4.90 Å². The van der Waals surface area contributed by atoms with E-state index in [1.165, 1.54) is 21.5 Å². The molecule has 0 saturated heterocycles. The third-order valence-corrected chi connectivity index (χ3v) is 7.23. The van der Waals surface area contributed by atoms with Crippen LogP contribution in [0.5, 0.6) is 0 Å². The van der Waals surface area contributed by atoms with E-state index in [4.69, 9.17) is 4.42 Å². The highest BCUT2D eigenvalue weighted by Gasteiger charge is 2.19. The number of para-hydroxylation sites is 1. The largest absolute Gasteiger partial charge is 0.456 e. The van der Waals surface area contributed by atoms with Crippen LogP contribution >= 0.6 is 0 Å². The van der Waals surface area contributed by atoms with Crippen molar-refractivity contribution < 1.29 is 4.42 Å². The summed E-state index contributed by atoms with van der Waals surface area (Å²) in [6, 6.07) is 47.2. The van der Waals surface area contributed by atoms with Crippen molar-refractivity contribution in [1.29, 1.82) is 0 Å². The highest BCUT2D eigenvalue weighted by Crippen LogP contribution is 2.43. The van der Waals surface area contributed by atoms with Crippen molar-refractivity contribution in [1.82, 2.24) is 0 Å². The predicted octanol–water partition coefficient (Wildman–Crippen LogP) is 10.2. The first-order chi connectivity index (χ1) is 18.3. The van der Waals surface area contributed by atoms with Crippen molar-refractivity contribution >= 4 is 49.6 Å². The van der Waals surface area contributed by atoms with Crippen molar-refractivity contribution in [3.63, 3.8) is 0 Å². The summed E-state index contributed by atoms with van der Waals surface area (Å²) in [7, 11) is 0. The first-order valence-electron chi connectivity index (χ1n) is 12.6. The lowest BCUT2D eigenvalue weighted by Gasteiger charge is -2.28. The minimum absolute atomic E-state index is 0.916. The fraction of sp³-hybridized carbons (Fsp3) is 0.0286. The summed E-state index contributed by atoms with van der Waals surface area (Å²) in [5.41, 5.74) is 6.53. The Morgan fingerprint density at radius 1 is 0.514 bits per heavy atom. The van der Waals surface area contributed by atoms with Crippen molar-refractivity contribution in [3.8, 4) is 11.3 Å². The van der Waals surface area contributed by atoms with Gasteiger partial charge in [0.2, 0.25) is 0 Å². The minimum atomic E-state index is 0.916. The van der Waals surface area contributed by atoms with Gasteiger partial charge in [-0.2, -0.15) is 0 Å². The van der Waals surface area contributed by atoms with Crippen molar-refractivity contribution in [2.45, 2.75) is 6.92 Å². The van der Waals surface area contributed by atoms with Gasteiger partial charge in [-0.05, 0) is 48.0 Å². The Morgan fingerprint density at radius 2 is 1.05 bits per heavy atom. The minimum Gasteiger partial charge on any atom is -0.456 e. The average molecular weight is 476 g/mol. The molecule has 0 atom stereocenters. The third kappa shape index (κ3) is 3.57. The Balaban J connectivity index is 1.50. The van der Waals surface area contributed by atoms with Crippen molar-refractivity contribution in [2.24, 2.45) is 0 Å². The standard InChI is InChI=1S/C35H25NO/c1-24-29-17-6-7-22-34(29)37-35(24)27-15-8-16-28(23-27)36(32-20-9-13-25-11-2-4-18-30(25)32)33-21-10-14-26-12-3-5-19-31(26)33/h2-23H,1H3. The molecule has 0 aliphatic rings. The van der Waals surface area contributed by atoms with E-state index in [-0.39, 0.29) is 0 Å². The Hall–Kier alpha value is -4.82. The molecule has 1 aromatic heterocycles. The van der Waals surface area contributed by atoms with Gasteiger partial charge < -0.3 is 9.32 Å². The smallest absolute Gasteiger partial charge is 0.138 e. The van der Waals surface area contributed by atoms with Crippen LogP contribution in [0.1, 0.15) is 5.56 Å². The molecule has 0 unspecified atom stereocenters. The maximum Gasteiger partial charge on any atom is 0.138 e. The van der Waals surface area contributed by atoms with Gasteiger partial charge in [0.05, 0.1) is 11.4 Å². The molecule has 7 rings (SSSR count). The molecule has 0 bridgehead atoms. The monoisotopic (exact) mass is 475 g/mol. The van der Waals surface area contributed by atoms with Crippen molar-refractivity contribution in [2.75, 3.05) is 4.90 Å². The number of benzene rings is 6. The molecule has 0 saturated carbocycles. The van der Waals surface area contributed by atoms with Gasteiger partial charge in [0.15, 0.2) is 0 Å². The lowest BCUT2D eigenvalue weighted by Crippen LogP contribution is -2.11. The molecular weight excluding hydrogens is 450 g/mol. The van der Waals surface area contributed by atoms with Crippen LogP contribution in [0.3, 0.4) is 0 Å². The predicted molar refractivity (Wildman–Crippen MR) is 156 cm³/mol. The van der Waals surface area contributed by atoms with E-state index in [0.29, 0.717) is 0 Å². The number of nitrogens with zero attached hydrogens (tertiary/aromatic N) is 1. The second-order valence-electron chi connectivity index (χ2n) is 9.43. The molecule has 176 valence electrons. The summed E-state index contributed by atoms with van der Waals surface area (Å²) in [6.45, 7) is 2.14. The Kier molecular flexibility index (Phi) is 5.04. The van der Waals surface area contributed by atoms with E-state index >= 15 is 0 Å². The zero-order chi connectivity index (χ0) is 24.8. The van der Waals surface area contributed by atoms with E-state index in [1.54, 1.807) is 0 Å². The summed E-state index contributed by atoms with van der Waals surface area (Å²) in [4.78, 5) is 2.38. The fourth-order valence-corrected chi connectivity index (χ4v) is 5.45. The molecule has 0 aliphatic carbocycles. The quantitative estimate of drug-likeness (QED) is 0.252. The number of aryl methyl sites for hydroxylation is 1. The topological polar surface area (TPSA) is 16.4 Å². The Labute approximate surface area is 216 Å². The van der Waals surface area contributed by atoms with E-state index in [0.717, 1.165) is 44.9 Å². The van der Waals surface area contributed by atoms with Gasteiger partial charge in [0.1, 0.15) is 11.3 Å². The van der Waals surface area contributed by atoms with Gasteiger partial charge in [-0.3, -0.25) is 0 Å². The summed E-state index contributed by atoms with van der Waals surface area (Å²) in [6.07, 6.45) is 0. The molecule has 0 spiro atoms. The van der Waals surface area contributed by atoms with E-state index < -0.39 is 0 Å². The van der Waals surface area contributed by atoms with Crippen LogP contribution in [-0.2, 0) is 0 Å². The number of hydrogen-bond acceptors (Lipinski definition) is 2. The molecule has 0 aliphatic heterocycles. The molecule has 6 aromatic carbocycles. The molecule has 37 heavy (non-hydrogen) atoms. The number of anilines is 3. The highest BCUT2D eigenvalue weighted by molar-refractivity contribution is 6.05. The first-order valence-corrected chi connectivity index (χ1v) is 12.6. The SMILES string of the molecule is Cc1c(-c2cccc(N(c3cccc4ccccc34)c3cccc4ccccc34)c2)oc2ccccc12. The van der Waals surface area contributed by atoms with E-state index in [9.17, 15) is 0 Å². The van der Waals surface area contributed by atoms with Crippen LogP contribution in [-0.4, -0.2) is 0 Å². The van der Waals surface area contributed by atoms with Gasteiger partial charge in [-0.25, -0.2) is 0 Å². The fourth-order valence-electron chi connectivity index (χ4n) is 5.45. The van der Waals surface area contributed by atoms with Gasteiger partial charge in [-0.1, -0.05) is 103 Å². The van der Waals surface area contributed by atoms with E-state index in [1.807, 2.05) is 12.1 Å². The molecule has 1 heterocycles. The third-order valence-electron chi connectivity index (χ3n) is 7.23. The Morgan fingerprint density at radius 3 is 1.70 bits per heavy atom. The molecule has 7 aromatic rings. The maximum absolute atomic E-state index is 6.35. The number of hydrogen-bond donors (Lipinski definition) is 0. The van der Waals surface area contributed by atoms with Gasteiger partial charge in [0, 0.05) is 33.0 Å². The van der Waals surface area contributed by atoms with Crippen LogP contribution in [0.4, 0.5) is 17.1 Å². The van der Waals surface area contributed by atoms with E-state index in [2.05, 4.69) is 133 Å². The number of fused-ring (bicyclic) bond motifs is 3. The highest BCUT2D eigenvalue weighted by atomic mass is 16.3. The Bertz CT molecular complexity index is 1820. The zero-order valence-corrected chi connectivity index (χ0v) is 20.6. The molecule has 2 nitrogen and oxygen atoms in total. The lowest BCUT2D eigenvalue weighted by molar-refractivity contribution is 0.629. The molecule has 0 amide bonds. The molecular formula is C35H25NO. The second kappa shape index (κ2) is 8.69. The summed E-state index contributed by atoms with van der Waals surface area (Å²) >= 11 is 0. The first kappa shape index (κ1) is 21.5. The molecule has 0 radical (unpaired) electrons. The lowest BCUT2D eigenvalue weighted by atomic mass is 10.0. The summed E-state index contributed by atoms with van der Waals surface area (Å²) in [5, 5.41) is 6.01. The molecule has 0 N–H and O–H groups in total. The van der Waals surface area contributed by atoms with Crippen molar-refractivity contribution in [3.05, 3.63) is 139 Å². The van der Waals surface area contributed by atoms with Crippen LogP contribution in [0.25, 0.3) is 43.8 Å². The van der Waals surface area contributed by atoms with Gasteiger partial charge in [0.25, 0.3) is 0 Å². The van der Waals surface area contributed by atoms with Crippen LogP contribution in [0, 0.1) is 6.92 Å². The molecule has 0 fully saturated rings. The number of rotatable bonds is 4. The van der Waals surface area contributed by atoms with Crippen LogP contribution in [0.15, 0.2) is 138 Å². The normalized spacial score (nSPS) is 11.4. The second-order valence-corrected chi connectivity index (χ2v) is 9.43. The zero-order valence-electron chi connectivity index (χ0n) is 20.6. The van der Waals surface area contributed by atoms with Crippen LogP contribution in [0.2, 0.25) is 0 Å². The average Bonchev–Trinajstić information content (AvgIpc) is 3.30. The summed E-state index contributed by atoms with van der Waals surface area (Å²) in [5.74, 6) is 0.916. The maximum atomic E-state index is 6.35. The summed E-state index contributed by atoms with van der Waals surface area (Å²) < 4.78 is 6.35. The van der Waals surface area contributed by atoms with Gasteiger partial charge in [-0.15, -0.1) is 0 Å². The van der Waals surface area contributed by atoms with Gasteiger partial charge >= 0.3 is 0 Å². The molecule has 2 heteroatoms. The number of furan rings is 1.